The fourth-order valence-corrected chi connectivity index (χ4v) is 4.18. The van der Waals surface area contributed by atoms with Gasteiger partial charge in [-0.15, -0.1) is 5.10 Å². The highest BCUT2D eigenvalue weighted by Gasteiger charge is 2.23. The molecule has 0 radical (unpaired) electrons. The van der Waals surface area contributed by atoms with Gasteiger partial charge in [0, 0.05) is 23.7 Å². The van der Waals surface area contributed by atoms with Gasteiger partial charge in [0.05, 0.1) is 23.9 Å². The number of piperidine rings is 1. The number of halogens is 1. The number of hydrogen-bond acceptors (Lipinski definition) is 6. The Kier molecular flexibility index (Phi) is 5.11. The van der Waals surface area contributed by atoms with Gasteiger partial charge in [0.25, 0.3) is 0 Å². The summed E-state index contributed by atoms with van der Waals surface area (Å²) in [7, 11) is 1.66. The number of nitrogen functional groups attached to an aromatic ring is 1. The fourth-order valence-electron chi connectivity index (χ4n) is 4.05. The number of hydrogen-bond donors (Lipinski definition) is 1. The van der Waals surface area contributed by atoms with Crippen LogP contribution in [0.4, 0.5) is 11.8 Å². The predicted molar refractivity (Wildman–Crippen MR) is 124 cm³/mol. The second-order valence-corrected chi connectivity index (χ2v) is 8.03. The van der Waals surface area contributed by atoms with E-state index in [4.69, 9.17) is 37.1 Å². The lowest BCUT2D eigenvalue weighted by molar-refractivity contribution is 0.416. The molecular weight excluding hydrogens is 412 g/mol. The first-order valence-electron chi connectivity index (χ1n) is 10.4. The highest BCUT2D eigenvalue weighted by molar-refractivity contribution is 6.30. The van der Waals surface area contributed by atoms with E-state index in [1.54, 1.807) is 11.8 Å². The van der Waals surface area contributed by atoms with E-state index < -0.39 is 0 Å². The molecule has 2 aromatic carbocycles. The van der Waals surface area contributed by atoms with Gasteiger partial charge in [-0.05, 0) is 55.7 Å². The molecule has 5 rings (SSSR count). The highest BCUT2D eigenvalue weighted by Crippen LogP contribution is 2.37. The molecule has 1 fully saturated rings. The monoisotopic (exact) mass is 434 g/mol. The van der Waals surface area contributed by atoms with Crippen molar-refractivity contribution in [3.05, 3.63) is 53.6 Å². The maximum absolute atomic E-state index is 6.60. The number of nitrogens with two attached hydrogens (primary N) is 1. The molecule has 0 aliphatic carbocycles. The molecule has 0 atom stereocenters. The molecule has 158 valence electrons. The van der Waals surface area contributed by atoms with Crippen molar-refractivity contribution in [2.75, 3.05) is 30.8 Å². The summed E-state index contributed by atoms with van der Waals surface area (Å²) >= 11 is 6.06. The number of anilines is 2. The summed E-state index contributed by atoms with van der Waals surface area (Å²) in [5.41, 5.74) is 9.55. The maximum atomic E-state index is 6.60. The van der Waals surface area contributed by atoms with Crippen molar-refractivity contribution in [3.63, 3.8) is 0 Å². The van der Waals surface area contributed by atoms with E-state index in [1.807, 2.05) is 48.5 Å². The average molecular weight is 435 g/mol. The van der Waals surface area contributed by atoms with Crippen molar-refractivity contribution >= 4 is 34.4 Å². The number of fused-ring (bicyclic) bond motifs is 1. The number of ether oxygens (including phenoxy) is 1. The highest BCUT2D eigenvalue weighted by atomic mass is 35.5. The molecule has 1 aliphatic rings. The lowest BCUT2D eigenvalue weighted by Gasteiger charge is -2.27. The van der Waals surface area contributed by atoms with Gasteiger partial charge < -0.3 is 15.4 Å². The fraction of sp³-hybridized carbons (Fsp3) is 0.261. The van der Waals surface area contributed by atoms with Crippen LogP contribution in [0.2, 0.25) is 5.02 Å². The Hall–Kier alpha value is -3.32. The SMILES string of the molecule is COc1ccccc1-c1nc(N2CCCCC2)nc2nn(-c3ccc(Cl)cc3)c(N)c12. The number of rotatable bonds is 4. The van der Waals surface area contributed by atoms with Gasteiger partial charge in [0.15, 0.2) is 5.65 Å². The van der Waals surface area contributed by atoms with Crippen molar-refractivity contribution in [3.8, 4) is 22.7 Å². The number of para-hydroxylation sites is 1. The molecule has 0 bridgehead atoms. The summed E-state index contributed by atoms with van der Waals surface area (Å²) in [6.45, 7) is 1.87. The Morgan fingerprint density at radius 3 is 2.45 bits per heavy atom. The topological polar surface area (TPSA) is 82.1 Å². The second kappa shape index (κ2) is 8.07. The third-order valence-electron chi connectivity index (χ3n) is 5.63. The normalized spacial score (nSPS) is 14.2. The molecule has 1 saturated heterocycles. The Bertz CT molecular complexity index is 1230. The van der Waals surface area contributed by atoms with Crippen LogP contribution in [0.1, 0.15) is 19.3 Å². The van der Waals surface area contributed by atoms with Gasteiger partial charge >= 0.3 is 0 Å². The van der Waals surface area contributed by atoms with Crippen LogP contribution >= 0.6 is 11.6 Å². The van der Waals surface area contributed by atoms with Gasteiger partial charge in [-0.3, -0.25) is 0 Å². The smallest absolute Gasteiger partial charge is 0.228 e. The number of aromatic nitrogens is 4. The number of methoxy groups -OCH3 is 1. The van der Waals surface area contributed by atoms with E-state index in [0.29, 0.717) is 27.8 Å². The Morgan fingerprint density at radius 2 is 1.71 bits per heavy atom. The van der Waals surface area contributed by atoms with E-state index in [-0.39, 0.29) is 0 Å². The van der Waals surface area contributed by atoms with E-state index in [1.165, 1.54) is 6.42 Å². The van der Waals surface area contributed by atoms with E-state index in [0.717, 1.165) is 48.6 Å². The van der Waals surface area contributed by atoms with Crippen molar-refractivity contribution in [1.29, 1.82) is 0 Å². The Balaban J connectivity index is 1.76. The van der Waals surface area contributed by atoms with Gasteiger partial charge in [-0.1, -0.05) is 23.7 Å². The van der Waals surface area contributed by atoms with Crippen molar-refractivity contribution in [1.82, 2.24) is 19.7 Å². The molecule has 7 nitrogen and oxygen atoms in total. The van der Waals surface area contributed by atoms with Crippen LogP contribution in [0.25, 0.3) is 28.0 Å². The van der Waals surface area contributed by atoms with Gasteiger partial charge in [0.1, 0.15) is 11.6 Å². The molecule has 31 heavy (non-hydrogen) atoms. The van der Waals surface area contributed by atoms with E-state index in [9.17, 15) is 0 Å². The Morgan fingerprint density at radius 1 is 0.968 bits per heavy atom. The third kappa shape index (κ3) is 3.55. The van der Waals surface area contributed by atoms with Crippen molar-refractivity contribution in [2.24, 2.45) is 0 Å². The van der Waals surface area contributed by atoms with Crippen LogP contribution in [0.3, 0.4) is 0 Å². The average Bonchev–Trinajstić information content (AvgIpc) is 3.16. The second-order valence-electron chi connectivity index (χ2n) is 7.59. The van der Waals surface area contributed by atoms with E-state index >= 15 is 0 Å². The molecule has 0 amide bonds. The number of nitrogens with zero attached hydrogens (tertiary/aromatic N) is 5. The molecule has 4 aromatic rings. The lowest BCUT2D eigenvalue weighted by Crippen LogP contribution is -2.31. The first-order valence-corrected chi connectivity index (χ1v) is 10.7. The summed E-state index contributed by atoms with van der Waals surface area (Å²) in [4.78, 5) is 12.0. The molecule has 0 saturated carbocycles. The van der Waals surface area contributed by atoms with Crippen LogP contribution in [-0.2, 0) is 0 Å². The standard InChI is InChI=1S/C23H23ClN6O/c1-31-18-8-4-3-7-17(18)20-19-21(25)30(16-11-9-15(24)10-12-16)28-22(19)27-23(26-20)29-13-5-2-6-14-29/h3-4,7-12H,2,5-6,13-14,25H2,1H3. The summed E-state index contributed by atoms with van der Waals surface area (Å²) in [5.74, 6) is 1.88. The minimum atomic E-state index is 0.475. The molecule has 2 aromatic heterocycles. The van der Waals surface area contributed by atoms with Gasteiger partial charge in [-0.2, -0.15) is 4.98 Å². The first-order chi connectivity index (χ1) is 15.2. The van der Waals surface area contributed by atoms with Crippen LogP contribution in [0.5, 0.6) is 5.75 Å². The van der Waals surface area contributed by atoms with Gasteiger partial charge in [0.2, 0.25) is 5.95 Å². The first kappa shape index (κ1) is 19.6. The van der Waals surface area contributed by atoms with Crippen LogP contribution in [0.15, 0.2) is 48.5 Å². The molecule has 2 N–H and O–H groups in total. The lowest BCUT2D eigenvalue weighted by atomic mass is 10.1. The Labute approximate surface area is 185 Å². The predicted octanol–water partition coefficient (Wildman–Crippen LogP) is 4.72. The van der Waals surface area contributed by atoms with Crippen LogP contribution in [0, 0.1) is 0 Å². The quantitative estimate of drug-likeness (QED) is 0.500. The van der Waals surface area contributed by atoms with Crippen LogP contribution in [-0.4, -0.2) is 39.9 Å². The van der Waals surface area contributed by atoms with Gasteiger partial charge in [-0.25, -0.2) is 9.67 Å². The molecule has 1 aliphatic heterocycles. The largest absolute Gasteiger partial charge is 0.496 e. The summed E-state index contributed by atoms with van der Waals surface area (Å²) in [6.07, 6.45) is 3.50. The zero-order chi connectivity index (χ0) is 21.4. The molecular formula is C23H23ClN6O. The zero-order valence-electron chi connectivity index (χ0n) is 17.3. The molecule has 8 heteroatoms. The minimum Gasteiger partial charge on any atom is -0.496 e. The third-order valence-corrected chi connectivity index (χ3v) is 5.88. The minimum absolute atomic E-state index is 0.475. The van der Waals surface area contributed by atoms with Crippen molar-refractivity contribution in [2.45, 2.75) is 19.3 Å². The summed E-state index contributed by atoms with van der Waals surface area (Å²) in [6, 6.07) is 15.2. The molecule has 3 heterocycles. The number of benzene rings is 2. The van der Waals surface area contributed by atoms with E-state index in [2.05, 4.69) is 4.90 Å². The molecule has 0 spiro atoms. The zero-order valence-corrected chi connectivity index (χ0v) is 18.0. The van der Waals surface area contributed by atoms with Crippen molar-refractivity contribution < 1.29 is 4.74 Å². The summed E-state index contributed by atoms with van der Waals surface area (Å²) < 4.78 is 7.31. The molecule has 0 unspecified atom stereocenters. The maximum Gasteiger partial charge on any atom is 0.228 e. The summed E-state index contributed by atoms with van der Waals surface area (Å²) in [5, 5.41) is 6.10. The van der Waals surface area contributed by atoms with Crippen LogP contribution < -0.4 is 15.4 Å².